The second-order valence-corrected chi connectivity index (χ2v) is 9.81. The summed E-state index contributed by atoms with van der Waals surface area (Å²) in [4.78, 5) is 24.8. The summed E-state index contributed by atoms with van der Waals surface area (Å²) in [6.45, 7) is 3.77. The van der Waals surface area contributed by atoms with E-state index in [4.69, 9.17) is 10.5 Å². The Labute approximate surface area is 199 Å². The number of hydrogen-bond donors (Lipinski definition) is 3. The van der Waals surface area contributed by atoms with Crippen molar-refractivity contribution in [3.63, 3.8) is 0 Å². The first kappa shape index (κ1) is 24.9. The van der Waals surface area contributed by atoms with E-state index >= 15 is 0 Å². The molecule has 0 heterocycles. The number of carbonyl (C=O) groups excluding carboxylic acids is 2. The van der Waals surface area contributed by atoms with E-state index in [2.05, 4.69) is 5.32 Å². The van der Waals surface area contributed by atoms with Crippen LogP contribution in [0.4, 0.5) is 5.69 Å². The van der Waals surface area contributed by atoms with E-state index in [0.717, 1.165) is 0 Å². The van der Waals surface area contributed by atoms with Crippen LogP contribution in [0.25, 0.3) is 0 Å². The highest BCUT2D eigenvalue weighted by Gasteiger charge is 2.23. The van der Waals surface area contributed by atoms with Gasteiger partial charge in [-0.1, -0.05) is 44.2 Å². The third kappa shape index (κ3) is 6.90. The molecule has 34 heavy (non-hydrogen) atoms. The van der Waals surface area contributed by atoms with Gasteiger partial charge in [-0.25, -0.2) is 13.1 Å². The number of anilines is 1. The van der Waals surface area contributed by atoms with Crippen molar-refractivity contribution in [2.45, 2.75) is 31.2 Å². The molecule has 3 aromatic rings. The number of amides is 2. The zero-order valence-electron chi connectivity index (χ0n) is 18.9. The number of hydrogen-bond acceptors (Lipinski definition) is 6. The molecule has 0 fully saturated rings. The Morgan fingerprint density at radius 1 is 0.912 bits per heavy atom. The summed E-state index contributed by atoms with van der Waals surface area (Å²) in [5.41, 5.74) is 6.36. The first-order chi connectivity index (χ1) is 16.1. The number of nitrogens with two attached hydrogens (primary N) is 1. The van der Waals surface area contributed by atoms with E-state index in [1.165, 1.54) is 18.2 Å². The van der Waals surface area contributed by atoms with Crippen LogP contribution < -0.4 is 20.5 Å². The summed E-state index contributed by atoms with van der Waals surface area (Å²) in [5.74, 6) is 0.0248. The molecule has 2 amide bonds. The molecule has 0 aliphatic heterocycles. The van der Waals surface area contributed by atoms with Crippen molar-refractivity contribution in [2.75, 3.05) is 5.32 Å². The summed E-state index contributed by atoms with van der Waals surface area (Å²) < 4.78 is 33.0. The Bertz CT molecular complexity index is 1260. The van der Waals surface area contributed by atoms with Gasteiger partial charge in [-0.05, 0) is 60.9 Å². The molecule has 1 atom stereocenters. The molecule has 0 aromatic heterocycles. The molecule has 3 aromatic carbocycles. The molecule has 9 heteroatoms. The van der Waals surface area contributed by atoms with E-state index in [1.54, 1.807) is 42.5 Å². The molecule has 0 saturated heterocycles. The van der Waals surface area contributed by atoms with Crippen LogP contribution in [-0.2, 0) is 14.8 Å². The van der Waals surface area contributed by atoms with Gasteiger partial charge in [0.25, 0.3) is 21.8 Å². The maximum atomic E-state index is 12.7. The number of nitrogens with one attached hydrogen (secondary N) is 2. The average molecular weight is 482 g/mol. The van der Waals surface area contributed by atoms with Crippen molar-refractivity contribution in [1.82, 2.24) is 4.72 Å². The summed E-state index contributed by atoms with van der Waals surface area (Å²) >= 11 is 0. The lowest BCUT2D eigenvalue weighted by Crippen LogP contribution is -2.43. The van der Waals surface area contributed by atoms with Crippen molar-refractivity contribution in [1.29, 1.82) is 0 Å². The molecule has 0 aliphatic carbocycles. The largest absolute Gasteiger partial charge is 0.457 e. The van der Waals surface area contributed by atoms with Gasteiger partial charge in [0.05, 0.1) is 10.9 Å². The molecule has 4 N–H and O–H groups in total. The van der Waals surface area contributed by atoms with Gasteiger partial charge in [-0.2, -0.15) is 0 Å². The minimum absolute atomic E-state index is 0.138. The third-order valence-corrected chi connectivity index (χ3v) is 6.12. The van der Waals surface area contributed by atoms with Crippen LogP contribution in [-0.4, -0.2) is 26.3 Å². The Kier molecular flexibility index (Phi) is 8.04. The summed E-state index contributed by atoms with van der Waals surface area (Å²) in [6.07, 6.45) is 0.352. The molecule has 3 rings (SSSR count). The van der Waals surface area contributed by atoms with Crippen LogP contribution in [0, 0.1) is 5.92 Å². The quantitative estimate of drug-likeness (QED) is 0.425. The van der Waals surface area contributed by atoms with Crippen LogP contribution in [0.2, 0.25) is 0 Å². The van der Waals surface area contributed by atoms with Gasteiger partial charge in [0, 0.05) is 11.3 Å². The number of sulfonamides is 1. The average Bonchev–Trinajstić information content (AvgIpc) is 2.79. The van der Waals surface area contributed by atoms with Crippen LogP contribution in [0.1, 0.15) is 30.6 Å². The lowest BCUT2D eigenvalue weighted by Gasteiger charge is -2.15. The molecule has 0 saturated carbocycles. The van der Waals surface area contributed by atoms with Gasteiger partial charge in [-0.3, -0.25) is 9.59 Å². The van der Waals surface area contributed by atoms with E-state index in [9.17, 15) is 18.0 Å². The second kappa shape index (κ2) is 11.0. The topological polar surface area (TPSA) is 128 Å². The van der Waals surface area contributed by atoms with Crippen molar-refractivity contribution >= 4 is 27.5 Å². The fraction of sp³-hybridized carbons (Fsp3) is 0.200. The third-order valence-electron chi connectivity index (χ3n) is 4.77. The Hall–Kier alpha value is -3.69. The first-order valence-corrected chi connectivity index (χ1v) is 12.2. The lowest BCUT2D eigenvalue weighted by molar-refractivity contribution is -0.120. The molecular formula is C25H27N3O5S. The number of rotatable bonds is 9. The van der Waals surface area contributed by atoms with Gasteiger partial charge < -0.3 is 15.8 Å². The van der Waals surface area contributed by atoms with E-state index in [-0.39, 0.29) is 16.5 Å². The van der Waals surface area contributed by atoms with Crippen LogP contribution in [0.3, 0.4) is 0 Å². The van der Waals surface area contributed by atoms with E-state index in [1.807, 2.05) is 36.8 Å². The second-order valence-electron chi connectivity index (χ2n) is 8.13. The number of ether oxygens (including phenoxy) is 1. The zero-order chi connectivity index (χ0) is 24.7. The number of para-hydroxylation sites is 1. The predicted octanol–water partition coefficient (Wildman–Crippen LogP) is 3.91. The molecule has 0 bridgehead atoms. The molecule has 0 unspecified atom stereocenters. The van der Waals surface area contributed by atoms with Crippen molar-refractivity contribution in [2.24, 2.45) is 11.7 Å². The van der Waals surface area contributed by atoms with Crippen LogP contribution >= 0.6 is 0 Å². The minimum atomic E-state index is -4.16. The normalized spacial score (nSPS) is 12.1. The Balaban J connectivity index is 1.71. The van der Waals surface area contributed by atoms with E-state index < -0.39 is 27.9 Å². The highest BCUT2D eigenvalue weighted by molar-refractivity contribution is 7.90. The molecule has 0 aliphatic rings. The smallest absolute Gasteiger partial charge is 0.264 e. The van der Waals surface area contributed by atoms with E-state index in [0.29, 0.717) is 23.5 Å². The van der Waals surface area contributed by atoms with Gasteiger partial charge in [0.1, 0.15) is 11.5 Å². The minimum Gasteiger partial charge on any atom is -0.457 e. The monoisotopic (exact) mass is 481 g/mol. The SMILES string of the molecule is CC(C)C[C@H](N)C(=O)NS(=O)(=O)c1cccc(NC(=O)c2cccc(Oc3ccccc3)c2)c1. The molecule has 0 radical (unpaired) electrons. The van der Waals surface area contributed by atoms with Gasteiger partial charge in [0.2, 0.25) is 0 Å². The number of benzene rings is 3. The standard InChI is InChI=1S/C25H27N3O5S/c1-17(2)14-23(26)25(30)28-34(31,32)22-13-7-9-19(16-22)27-24(29)18-8-6-12-21(15-18)33-20-10-4-3-5-11-20/h3-13,15-17,23H,14,26H2,1-2H3,(H,27,29)(H,28,30)/t23-/m0/s1. The fourth-order valence-corrected chi connectivity index (χ4v) is 4.23. The van der Waals surface area contributed by atoms with Gasteiger partial charge in [-0.15, -0.1) is 0 Å². The Morgan fingerprint density at radius 3 is 2.29 bits per heavy atom. The van der Waals surface area contributed by atoms with Crippen molar-refractivity contribution < 1.29 is 22.7 Å². The van der Waals surface area contributed by atoms with Crippen LogP contribution in [0.15, 0.2) is 83.8 Å². The molecular weight excluding hydrogens is 454 g/mol. The fourth-order valence-electron chi connectivity index (χ4n) is 3.15. The predicted molar refractivity (Wildman–Crippen MR) is 130 cm³/mol. The maximum absolute atomic E-state index is 12.7. The van der Waals surface area contributed by atoms with Gasteiger partial charge >= 0.3 is 0 Å². The summed E-state index contributed by atoms with van der Waals surface area (Å²) in [5, 5.41) is 2.67. The van der Waals surface area contributed by atoms with Crippen molar-refractivity contribution in [3.8, 4) is 11.5 Å². The highest BCUT2D eigenvalue weighted by Crippen LogP contribution is 2.23. The zero-order valence-corrected chi connectivity index (χ0v) is 19.7. The lowest BCUT2D eigenvalue weighted by atomic mass is 10.0. The van der Waals surface area contributed by atoms with Gasteiger partial charge in [0.15, 0.2) is 0 Å². The molecule has 0 spiro atoms. The Morgan fingerprint density at radius 2 is 1.59 bits per heavy atom. The molecule has 8 nitrogen and oxygen atoms in total. The molecule has 178 valence electrons. The number of carbonyl (C=O) groups is 2. The van der Waals surface area contributed by atoms with Crippen molar-refractivity contribution in [3.05, 3.63) is 84.4 Å². The maximum Gasteiger partial charge on any atom is 0.264 e. The van der Waals surface area contributed by atoms with Crippen LogP contribution in [0.5, 0.6) is 11.5 Å². The highest BCUT2D eigenvalue weighted by atomic mass is 32.2. The first-order valence-electron chi connectivity index (χ1n) is 10.7. The summed E-state index contributed by atoms with van der Waals surface area (Å²) in [6, 6.07) is 20.4. The summed E-state index contributed by atoms with van der Waals surface area (Å²) in [7, 11) is -4.16.